The van der Waals surface area contributed by atoms with E-state index in [0.29, 0.717) is 17.1 Å². The van der Waals surface area contributed by atoms with Crippen LogP contribution in [-0.2, 0) is 9.59 Å². The Kier molecular flexibility index (Phi) is 5.08. The van der Waals surface area contributed by atoms with E-state index in [1.807, 2.05) is 0 Å². The number of rotatable bonds is 4. The number of alkyl halides is 3. The molecular weight excluding hydrogens is 327 g/mol. The molecule has 24 heavy (non-hydrogen) atoms. The standard InChI is InChI=1S/C16H12F3NO4/c1-10(21)23-13-6-2-11(3-7-13)20-12-4-8-14(9-5-12)24-15(22)16(17,18)19/h2-9,20H,1H3. The van der Waals surface area contributed by atoms with E-state index in [1.54, 1.807) is 24.3 Å². The van der Waals surface area contributed by atoms with Gasteiger partial charge in [-0.05, 0) is 48.5 Å². The highest BCUT2D eigenvalue weighted by Crippen LogP contribution is 2.24. The zero-order chi connectivity index (χ0) is 17.7. The molecule has 0 spiro atoms. The van der Waals surface area contributed by atoms with E-state index < -0.39 is 18.1 Å². The number of benzene rings is 2. The topological polar surface area (TPSA) is 64.6 Å². The van der Waals surface area contributed by atoms with Crippen molar-refractivity contribution in [2.24, 2.45) is 0 Å². The van der Waals surface area contributed by atoms with E-state index in [4.69, 9.17) is 4.74 Å². The molecule has 0 heterocycles. The molecule has 0 fully saturated rings. The highest BCUT2D eigenvalue weighted by atomic mass is 19.4. The van der Waals surface area contributed by atoms with Crippen LogP contribution < -0.4 is 14.8 Å². The molecule has 0 saturated carbocycles. The Morgan fingerprint density at radius 2 is 1.25 bits per heavy atom. The maximum Gasteiger partial charge on any atom is 0.491 e. The largest absolute Gasteiger partial charge is 0.491 e. The van der Waals surface area contributed by atoms with Crippen molar-refractivity contribution in [1.29, 1.82) is 0 Å². The molecule has 0 bridgehead atoms. The van der Waals surface area contributed by atoms with Gasteiger partial charge in [0.15, 0.2) is 0 Å². The first kappa shape index (κ1) is 17.3. The summed E-state index contributed by atoms with van der Waals surface area (Å²) in [6.45, 7) is 1.29. The third-order valence-corrected chi connectivity index (χ3v) is 2.70. The number of anilines is 2. The Bertz CT molecular complexity index is 724. The van der Waals surface area contributed by atoms with E-state index >= 15 is 0 Å². The zero-order valence-corrected chi connectivity index (χ0v) is 12.4. The summed E-state index contributed by atoms with van der Waals surface area (Å²) in [5.74, 6) is -2.53. The van der Waals surface area contributed by atoms with E-state index in [1.165, 1.54) is 31.2 Å². The lowest BCUT2D eigenvalue weighted by atomic mass is 10.2. The van der Waals surface area contributed by atoms with Crippen molar-refractivity contribution in [2.75, 3.05) is 5.32 Å². The molecule has 2 aromatic carbocycles. The highest BCUT2D eigenvalue weighted by molar-refractivity contribution is 5.78. The predicted molar refractivity (Wildman–Crippen MR) is 79.2 cm³/mol. The fourth-order valence-electron chi connectivity index (χ4n) is 1.71. The Labute approximate surface area is 135 Å². The molecule has 0 aliphatic carbocycles. The van der Waals surface area contributed by atoms with Crippen molar-refractivity contribution in [1.82, 2.24) is 0 Å². The van der Waals surface area contributed by atoms with Crippen molar-refractivity contribution in [3.05, 3.63) is 48.5 Å². The Balaban J connectivity index is 1.98. The van der Waals surface area contributed by atoms with Crippen LogP contribution >= 0.6 is 0 Å². The zero-order valence-electron chi connectivity index (χ0n) is 12.4. The van der Waals surface area contributed by atoms with E-state index in [0.717, 1.165) is 0 Å². The lowest BCUT2D eigenvalue weighted by Crippen LogP contribution is -2.27. The summed E-state index contributed by atoms with van der Waals surface area (Å²) >= 11 is 0. The van der Waals surface area contributed by atoms with Gasteiger partial charge in [0.05, 0.1) is 0 Å². The van der Waals surface area contributed by atoms with Gasteiger partial charge in [0.2, 0.25) is 0 Å². The Morgan fingerprint density at radius 1 is 0.833 bits per heavy atom. The fourth-order valence-corrected chi connectivity index (χ4v) is 1.71. The third kappa shape index (κ3) is 5.01. The number of carbonyl (C=O) groups is 2. The van der Waals surface area contributed by atoms with Gasteiger partial charge >= 0.3 is 18.1 Å². The minimum Gasteiger partial charge on any atom is -0.427 e. The van der Waals surface area contributed by atoms with Crippen molar-refractivity contribution < 1.29 is 32.2 Å². The SMILES string of the molecule is CC(=O)Oc1ccc(Nc2ccc(OC(=O)C(F)(F)F)cc2)cc1. The predicted octanol–water partition coefficient (Wildman–Crippen LogP) is 3.82. The van der Waals surface area contributed by atoms with Crippen molar-refractivity contribution >= 4 is 23.3 Å². The van der Waals surface area contributed by atoms with E-state index in [2.05, 4.69) is 10.1 Å². The smallest absolute Gasteiger partial charge is 0.427 e. The molecular formula is C16H12F3NO4. The average molecular weight is 339 g/mol. The van der Waals surface area contributed by atoms with Crippen LogP contribution in [0.15, 0.2) is 48.5 Å². The molecule has 1 N–H and O–H groups in total. The quantitative estimate of drug-likeness (QED) is 0.678. The summed E-state index contributed by atoms with van der Waals surface area (Å²) in [4.78, 5) is 21.5. The van der Waals surface area contributed by atoms with Crippen LogP contribution in [0.25, 0.3) is 0 Å². The molecule has 0 saturated heterocycles. The van der Waals surface area contributed by atoms with Crippen LogP contribution in [0.3, 0.4) is 0 Å². The van der Waals surface area contributed by atoms with Gasteiger partial charge in [-0.3, -0.25) is 4.79 Å². The summed E-state index contributed by atoms with van der Waals surface area (Å²) in [7, 11) is 0. The van der Waals surface area contributed by atoms with Crippen LogP contribution in [0.4, 0.5) is 24.5 Å². The van der Waals surface area contributed by atoms with Crippen LogP contribution in [0.1, 0.15) is 6.92 Å². The van der Waals surface area contributed by atoms with Crippen molar-refractivity contribution in [2.45, 2.75) is 13.1 Å². The third-order valence-electron chi connectivity index (χ3n) is 2.70. The van der Waals surface area contributed by atoms with Gasteiger partial charge in [-0.25, -0.2) is 4.79 Å². The van der Waals surface area contributed by atoms with Crippen molar-refractivity contribution in [3.63, 3.8) is 0 Å². The van der Waals surface area contributed by atoms with Gasteiger partial charge in [0.1, 0.15) is 11.5 Å². The second kappa shape index (κ2) is 7.03. The number of esters is 2. The maximum absolute atomic E-state index is 12.1. The summed E-state index contributed by atoms with van der Waals surface area (Å²) in [5, 5.41) is 2.99. The molecule has 0 atom stereocenters. The van der Waals surface area contributed by atoms with Gasteiger partial charge in [-0.15, -0.1) is 0 Å². The molecule has 0 aliphatic rings. The Hall–Kier alpha value is -3.03. The first-order valence-corrected chi connectivity index (χ1v) is 6.68. The summed E-state index contributed by atoms with van der Waals surface area (Å²) in [5.41, 5.74) is 1.24. The first-order chi connectivity index (χ1) is 11.2. The number of hydrogen-bond donors (Lipinski definition) is 1. The van der Waals surface area contributed by atoms with Gasteiger partial charge in [0.25, 0.3) is 0 Å². The monoisotopic (exact) mass is 339 g/mol. The van der Waals surface area contributed by atoms with E-state index in [9.17, 15) is 22.8 Å². The summed E-state index contributed by atoms with van der Waals surface area (Å²) in [6, 6.07) is 11.9. The molecule has 0 amide bonds. The molecule has 0 radical (unpaired) electrons. The number of carbonyl (C=O) groups excluding carboxylic acids is 2. The number of nitrogens with one attached hydrogen (secondary N) is 1. The molecule has 0 aliphatic heterocycles. The van der Waals surface area contributed by atoms with Gasteiger partial charge < -0.3 is 14.8 Å². The Morgan fingerprint density at radius 3 is 1.62 bits per heavy atom. The van der Waals surface area contributed by atoms with Crippen LogP contribution in [0.2, 0.25) is 0 Å². The molecule has 2 rings (SSSR count). The minimum absolute atomic E-state index is 0.215. The number of halogens is 3. The van der Waals surface area contributed by atoms with Gasteiger partial charge in [-0.1, -0.05) is 0 Å². The molecule has 126 valence electrons. The summed E-state index contributed by atoms with van der Waals surface area (Å²) in [6.07, 6.45) is -5.04. The number of ether oxygens (including phenoxy) is 2. The van der Waals surface area contributed by atoms with Crippen LogP contribution in [-0.4, -0.2) is 18.1 Å². The molecule has 8 heteroatoms. The normalized spacial score (nSPS) is 10.8. The summed E-state index contributed by atoms with van der Waals surface area (Å²) < 4.78 is 45.4. The molecule has 0 aromatic heterocycles. The van der Waals surface area contributed by atoms with Crippen LogP contribution in [0, 0.1) is 0 Å². The molecule has 0 unspecified atom stereocenters. The van der Waals surface area contributed by atoms with Gasteiger partial charge in [0, 0.05) is 18.3 Å². The molecule has 5 nitrogen and oxygen atoms in total. The van der Waals surface area contributed by atoms with Crippen LogP contribution in [0.5, 0.6) is 11.5 Å². The average Bonchev–Trinajstić information content (AvgIpc) is 2.50. The second-order valence-corrected chi connectivity index (χ2v) is 4.65. The lowest BCUT2D eigenvalue weighted by Gasteiger charge is -2.09. The highest BCUT2D eigenvalue weighted by Gasteiger charge is 2.41. The second-order valence-electron chi connectivity index (χ2n) is 4.65. The first-order valence-electron chi connectivity index (χ1n) is 6.68. The fraction of sp³-hybridized carbons (Fsp3) is 0.125. The van der Waals surface area contributed by atoms with E-state index in [-0.39, 0.29) is 5.75 Å². The molecule has 2 aromatic rings. The number of hydrogen-bond acceptors (Lipinski definition) is 5. The lowest BCUT2D eigenvalue weighted by molar-refractivity contribution is -0.189. The maximum atomic E-state index is 12.1. The van der Waals surface area contributed by atoms with Crippen molar-refractivity contribution in [3.8, 4) is 11.5 Å². The minimum atomic E-state index is -5.04. The van der Waals surface area contributed by atoms with Gasteiger partial charge in [-0.2, -0.15) is 13.2 Å².